The summed E-state index contributed by atoms with van der Waals surface area (Å²) < 4.78 is 46.2. The lowest BCUT2D eigenvalue weighted by Crippen LogP contribution is -2.18. The summed E-state index contributed by atoms with van der Waals surface area (Å²) in [6, 6.07) is 19.2. The topological polar surface area (TPSA) is 30.5 Å². The molecule has 3 rings (SSSR count). The second kappa shape index (κ2) is 9.41. The minimum atomic E-state index is -4.72. The molecule has 30 heavy (non-hydrogen) atoms. The number of halogens is 4. The number of alkyl halides is 3. The van der Waals surface area contributed by atoms with Crippen LogP contribution in [0.1, 0.15) is 24.1 Å². The fourth-order valence-electron chi connectivity index (χ4n) is 3.04. The fraction of sp³-hybridized carbons (Fsp3) is 0.217. The van der Waals surface area contributed by atoms with Gasteiger partial charge in [-0.1, -0.05) is 41.9 Å². The van der Waals surface area contributed by atoms with Crippen molar-refractivity contribution in [1.29, 1.82) is 0 Å². The zero-order valence-electron chi connectivity index (χ0n) is 16.5. The highest BCUT2D eigenvalue weighted by molar-refractivity contribution is 6.33. The molecule has 7 heteroatoms. The molecule has 3 nitrogen and oxygen atoms in total. The van der Waals surface area contributed by atoms with E-state index in [1.165, 1.54) is 12.1 Å². The standard InChI is InChI=1S/C23H21ClF3NO2/c1-15(18-4-3-5-20(13-18)29-2)28-14-16-6-11-22(24)21(12-16)17-7-9-19(10-8-17)30-23(25,26)27/h3-13,15,28H,14H2,1-2H3/t15-/m1/s1. The summed E-state index contributed by atoms with van der Waals surface area (Å²) >= 11 is 6.32. The van der Waals surface area contributed by atoms with Gasteiger partial charge in [-0.15, -0.1) is 13.2 Å². The fourth-order valence-corrected chi connectivity index (χ4v) is 3.27. The highest BCUT2D eigenvalue weighted by atomic mass is 35.5. The molecule has 0 heterocycles. The van der Waals surface area contributed by atoms with Crippen molar-refractivity contribution in [2.24, 2.45) is 0 Å². The Labute approximate surface area is 178 Å². The first-order chi connectivity index (χ1) is 14.2. The van der Waals surface area contributed by atoms with Crippen molar-refractivity contribution in [3.63, 3.8) is 0 Å². The van der Waals surface area contributed by atoms with Crippen LogP contribution in [-0.2, 0) is 6.54 Å². The Hall–Kier alpha value is -2.70. The predicted octanol–water partition coefficient (Wildman–Crippen LogP) is 6.77. The first-order valence-corrected chi connectivity index (χ1v) is 9.65. The van der Waals surface area contributed by atoms with Crippen LogP contribution in [0.4, 0.5) is 13.2 Å². The number of benzene rings is 3. The number of rotatable bonds is 7. The molecular weight excluding hydrogens is 415 g/mol. The van der Waals surface area contributed by atoms with Crippen molar-refractivity contribution in [1.82, 2.24) is 5.32 Å². The average Bonchev–Trinajstić information content (AvgIpc) is 2.72. The summed E-state index contributed by atoms with van der Waals surface area (Å²) in [6.07, 6.45) is -4.72. The minimum Gasteiger partial charge on any atom is -0.497 e. The van der Waals surface area contributed by atoms with E-state index in [1.54, 1.807) is 25.3 Å². The monoisotopic (exact) mass is 435 g/mol. The van der Waals surface area contributed by atoms with Gasteiger partial charge in [0.05, 0.1) is 7.11 Å². The maximum absolute atomic E-state index is 12.3. The van der Waals surface area contributed by atoms with E-state index in [0.717, 1.165) is 22.4 Å². The third-order valence-corrected chi connectivity index (χ3v) is 4.97. The summed E-state index contributed by atoms with van der Waals surface area (Å²) in [5.41, 5.74) is 3.55. The van der Waals surface area contributed by atoms with Crippen molar-refractivity contribution >= 4 is 11.6 Å². The van der Waals surface area contributed by atoms with Gasteiger partial charge in [0.15, 0.2) is 0 Å². The molecule has 158 valence electrons. The van der Waals surface area contributed by atoms with E-state index in [4.69, 9.17) is 16.3 Å². The number of methoxy groups -OCH3 is 1. The molecule has 0 aliphatic carbocycles. The largest absolute Gasteiger partial charge is 0.573 e. The molecule has 0 radical (unpaired) electrons. The number of hydrogen-bond donors (Lipinski definition) is 1. The first kappa shape index (κ1) is 22.0. The molecule has 0 amide bonds. The molecule has 3 aromatic carbocycles. The summed E-state index contributed by atoms with van der Waals surface area (Å²) in [5, 5.41) is 3.97. The zero-order chi connectivity index (χ0) is 21.7. The second-order valence-electron chi connectivity index (χ2n) is 6.77. The van der Waals surface area contributed by atoms with Crippen LogP contribution in [0.25, 0.3) is 11.1 Å². The third kappa shape index (κ3) is 5.90. The second-order valence-corrected chi connectivity index (χ2v) is 7.17. The Balaban J connectivity index is 1.72. The Kier molecular flexibility index (Phi) is 6.90. The first-order valence-electron chi connectivity index (χ1n) is 9.27. The minimum absolute atomic E-state index is 0.0954. The Morgan fingerprint density at radius 2 is 1.70 bits per heavy atom. The summed E-state index contributed by atoms with van der Waals surface area (Å²) in [6.45, 7) is 2.66. The molecule has 0 unspecified atom stereocenters. The average molecular weight is 436 g/mol. The molecule has 0 saturated heterocycles. The third-order valence-electron chi connectivity index (χ3n) is 4.64. The Morgan fingerprint density at radius 3 is 2.37 bits per heavy atom. The molecule has 0 aliphatic rings. The van der Waals surface area contributed by atoms with Crippen LogP contribution in [0.5, 0.6) is 11.5 Å². The van der Waals surface area contributed by atoms with Crippen molar-refractivity contribution < 1.29 is 22.6 Å². The van der Waals surface area contributed by atoms with E-state index in [0.29, 0.717) is 17.1 Å². The van der Waals surface area contributed by atoms with E-state index in [2.05, 4.69) is 17.0 Å². The van der Waals surface area contributed by atoms with Crippen LogP contribution < -0.4 is 14.8 Å². The number of nitrogens with one attached hydrogen (secondary N) is 1. The lowest BCUT2D eigenvalue weighted by Gasteiger charge is -2.16. The summed E-state index contributed by atoms with van der Waals surface area (Å²) in [4.78, 5) is 0. The van der Waals surface area contributed by atoms with Crippen LogP contribution in [-0.4, -0.2) is 13.5 Å². The maximum Gasteiger partial charge on any atom is 0.573 e. The molecule has 0 spiro atoms. The van der Waals surface area contributed by atoms with Gasteiger partial charge >= 0.3 is 6.36 Å². The van der Waals surface area contributed by atoms with Gasteiger partial charge < -0.3 is 14.8 Å². The van der Waals surface area contributed by atoms with Crippen molar-refractivity contribution in [2.45, 2.75) is 25.9 Å². The number of hydrogen-bond acceptors (Lipinski definition) is 3. The lowest BCUT2D eigenvalue weighted by atomic mass is 10.0. The van der Waals surface area contributed by atoms with Gasteiger partial charge in [-0.05, 0) is 60.0 Å². The van der Waals surface area contributed by atoms with Crippen LogP contribution in [0, 0.1) is 0 Å². The highest BCUT2D eigenvalue weighted by Crippen LogP contribution is 2.31. The van der Waals surface area contributed by atoms with E-state index in [9.17, 15) is 13.2 Å². The molecule has 0 aromatic heterocycles. The smallest absolute Gasteiger partial charge is 0.497 e. The molecular formula is C23H21ClF3NO2. The zero-order valence-corrected chi connectivity index (χ0v) is 17.2. The van der Waals surface area contributed by atoms with Gasteiger partial charge in [0, 0.05) is 23.2 Å². The number of ether oxygens (including phenoxy) is 2. The van der Waals surface area contributed by atoms with Crippen molar-refractivity contribution in [2.75, 3.05) is 7.11 Å². The quantitative estimate of drug-likeness (QED) is 0.444. The van der Waals surface area contributed by atoms with Crippen LogP contribution in [0.3, 0.4) is 0 Å². The van der Waals surface area contributed by atoms with Gasteiger partial charge in [0.2, 0.25) is 0 Å². The predicted molar refractivity (Wildman–Crippen MR) is 112 cm³/mol. The van der Waals surface area contributed by atoms with Crippen molar-refractivity contribution in [3.8, 4) is 22.6 Å². The maximum atomic E-state index is 12.3. The molecule has 3 aromatic rings. The van der Waals surface area contributed by atoms with E-state index in [-0.39, 0.29) is 11.8 Å². The molecule has 0 aliphatic heterocycles. The lowest BCUT2D eigenvalue weighted by molar-refractivity contribution is -0.274. The van der Waals surface area contributed by atoms with Gasteiger partial charge in [0.25, 0.3) is 0 Å². The van der Waals surface area contributed by atoms with E-state index in [1.807, 2.05) is 36.4 Å². The van der Waals surface area contributed by atoms with Gasteiger partial charge in [-0.3, -0.25) is 0 Å². The Bertz CT molecular complexity index is 990. The highest BCUT2D eigenvalue weighted by Gasteiger charge is 2.31. The SMILES string of the molecule is COc1cccc([C@@H](C)NCc2ccc(Cl)c(-c3ccc(OC(F)(F)F)cc3)c2)c1. The molecule has 1 atom stereocenters. The van der Waals surface area contributed by atoms with E-state index < -0.39 is 6.36 Å². The van der Waals surface area contributed by atoms with Gasteiger partial charge in [-0.25, -0.2) is 0 Å². The van der Waals surface area contributed by atoms with Gasteiger partial charge in [0.1, 0.15) is 11.5 Å². The molecule has 0 saturated carbocycles. The normalized spacial score (nSPS) is 12.5. The van der Waals surface area contributed by atoms with Crippen LogP contribution in [0.15, 0.2) is 66.7 Å². The summed E-state index contributed by atoms with van der Waals surface area (Å²) in [7, 11) is 1.63. The Morgan fingerprint density at radius 1 is 0.967 bits per heavy atom. The van der Waals surface area contributed by atoms with E-state index >= 15 is 0 Å². The molecule has 0 fully saturated rings. The molecule has 0 bridgehead atoms. The van der Waals surface area contributed by atoms with Crippen molar-refractivity contribution in [3.05, 3.63) is 82.9 Å². The summed E-state index contributed by atoms with van der Waals surface area (Å²) in [5.74, 6) is 0.528. The molecule has 1 N–H and O–H groups in total. The van der Waals surface area contributed by atoms with Crippen LogP contribution in [0.2, 0.25) is 5.02 Å². The van der Waals surface area contributed by atoms with Gasteiger partial charge in [-0.2, -0.15) is 0 Å². The van der Waals surface area contributed by atoms with Crippen LogP contribution >= 0.6 is 11.6 Å².